The van der Waals surface area contributed by atoms with E-state index < -0.39 is 41.4 Å². The molecule has 110 valence electrons. The molecule has 0 amide bonds. The molecule has 1 aliphatic heterocycles. The van der Waals surface area contributed by atoms with E-state index in [0.717, 1.165) is 4.57 Å². The van der Waals surface area contributed by atoms with Crippen LogP contribution >= 0.6 is 0 Å². The highest BCUT2D eigenvalue weighted by Crippen LogP contribution is 2.27. The van der Waals surface area contributed by atoms with E-state index in [1.165, 1.54) is 13.1 Å². The molecule has 2 heterocycles. The zero-order valence-electron chi connectivity index (χ0n) is 10.5. The number of aliphatic hydroxyl groups excluding tert-OH is 1. The molecule has 1 aliphatic rings. The summed E-state index contributed by atoms with van der Waals surface area (Å²) in [5.74, 6) is 0. The van der Waals surface area contributed by atoms with Gasteiger partial charge in [0.05, 0.1) is 6.10 Å². The van der Waals surface area contributed by atoms with Crippen LogP contribution in [0.2, 0.25) is 0 Å². The van der Waals surface area contributed by atoms with Crippen molar-refractivity contribution in [2.75, 3.05) is 6.61 Å². The van der Waals surface area contributed by atoms with Crippen LogP contribution in [0.3, 0.4) is 0 Å². The molecule has 10 nitrogen and oxygen atoms in total. The fraction of sp³-hybridized carbons (Fsp3) is 0.600. The molecule has 1 aromatic heterocycles. The summed E-state index contributed by atoms with van der Waals surface area (Å²) in [6.45, 7) is 1.09. The summed E-state index contributed by atoms with van der Waals surface area (Å²) in [4.78, 5) is 39.3. The van der Waals surface area contributed by atoms with Crippen molar-refractivity contribution < 1.29 is 19.8 Å². The van der Waals surface area contributed by atoms with Crippen LogP contribution in [0, 0.1) is 17.0 Å². The summed E-state index contributed by atoms with van der Waals surface area (Å²) < 4.78 is 6.48. The smallest absolute Gasteiger partial charge is 0.330 e. The third-order valence-electron chi connectivity index (χ3n) is 3.00. The molecule has 0 aromatic carbocycles. The van der Waals surface area contributed by atoms with E-state index in [0.29, 0.717) is 5.56 Å². The first-order valence-electron chi connectivity index (χ1n) is 5.81. The van der Waals surface area contributed by atoms with Gasteiger partial charge in [-0.25, -0.2) is 4.79 Å². The number of ether oxygens (including phenoxy) is 1. The number of rotatable bonds is 4. The highest BCUT2D eigenvalue weighted by Gasteiger charge is 2.36. The van der Waals surface area contributed by atoms with Gasteiger partial charge in [0.1, 0.15) is 18.9 Å². The minimum absolute atomic E-state index is 0.0666. The van der Waals surface area contributed by atoms with Crippen molar-refractivity contribution in [3.8, 4) is 0 Å². The molecule has 2 N–H and O–H groups in total. The quantitative estimate of drug-likeness (QED) is 0.518. The molecule has 1 fully saturated rings. The van der Waals surface area contributed by atoms with Crippen LogP contribution in [0.15, 0.2) is 15.8 Å². The fourth-order valence-electron chi connectivity index (χ4n) is 1.97. The molecule has 3 unspecified atom stereocenters. The van der Waals surface area contributed by atoms with E-state index in [1.54, 1.807) is 0 Å². The Morgan fingerprint density at radius 1 is 1.65 bits per heavy atom. The van der Waals surface area contributed by atoms with Gasteiger partial charge in [-0.15, -0.1) is 10.1 Å². The molecular formula is C10H13N3O7. The van der Waals surface area contributed by atoms with Crippen molar-refractivity contribution >= 4 is 0 Å². The average molecular weight is 287 g/mol. The molecule has 2 rings (SSSR count). The molecule has 1 aromatic rings. The summed E-state index contributed by atoms with van der Waals surface area (Å²) >= 11 is 0. The van der Waals surface area contributed by atoms with Gasteiger partial charge in [0, 0.05) is 18.2 Å². The Morgan fingerprint density at radius 3 is 3.00 bits per heavy atom. The van der Waals surface area contributed by atoms with Crippen LogP contribution in [0.4, 0.5) is 0 Å². The number of nitrogens with one attached hydrogen (secondary N) is 1. The van der Waals surface area contributed by atoms with Gasteiger partial charge in [-0.3, -0.25) is 14.3 Å². The third kappa shape index (κ3) is 2.86. The molecule has 0 bridgehead atoms. The van der Waals surface area contributed by atoms with Crippen molar-refractivity contribution in [1.29, 1.82) is 0 Å². The summed E-state index contributed by atoms with van der Waals surface area (Å²) in [5.41, 5.74) is -0.862. The lowest BCUT2D eigenvalue weighted by Crippen LogP contribution is -2.33. The lowest BCUT2D eigenvalue weighted by atomic mass is 10.2. The predicted octanol–water partition coefficient (Wildman–Crippen LogP) is -1.30. The van der Waals surface area contributed by atoms with Crippen LogP contribution in [0.25, 0.3) is 0 Å². The molecule has 0 aliphatic carbocycles. The van der Waals surface area contributed by atoms with Crippen molar-refractivity contribution in [2.24, 2.45) is 0 Å². The number of aryl methyl sites for hydroxylation is 1. The second-order valence-electron chi connectivity index (χ2n) is 4.43. The van der Waals surface area contributed by atoms with Crippen molar-refractivity contribution in [3.05, 3.63) is 42.7 Å². The van der Waals surface area contributed by atoms with Gasteiger partial charge in [0.2, 0.25) is 0 Å². The van der Waals surface area contributed by atoms with Gasteiger partial charge in [0.15, 0.2) is 0 Å². The van der Waals surface area contributed by atoms with E-state index in [9.17, 15) is 24.8 Å². The molecule has 0 spiro atoms. The number of hydrogen-bond donors (Lipinski definition) is 2. The summed E-state index contributed by atoms with van der Waals surface area (Å²) in [5, 5.41) is 18.8. The summed E-state index contributed by atoms with van der Waals surface area (Å²) in [6.07, 6.45) is -1.34. The minimum Gasteiger partial charge on any atom is -0.390 e. The van der Waals surface area contributed by atoms with Crippen LogP contribution < -0.4 is 11.2 Å². The monoisotopic (exact) mass is 287 g/mol. The number of aliphatic hydroxyl groups is 1. The van der Waals surface area contributed by atoms with Crippen molar-refractivity contribution in [1.82, 2.24) is 9.55 Å². The molecule has 3 atom stereocenters. The number of H-pyrrole nitrogens is 1. The SMILES string of the molecule is Cc1cn(C2CC(O)C(CO[N+](=O)[O-])O2)c(=O)[nH]c1=O. The van der Waals surface area contributed by atoms with E-state index >= 15 is 0 Å². The van der Waals surface area contributed by atoms with Gasteiger partial charge in [-0.2, -0.15) is 0 Å². The highest BCUT2D eigenvalue weighted by atomic mass is 17.0. The van der Waals surface area contributed by atoms with Crippen LogP contribution in [-0.2, 0) is 9.57 Å². The largest absolute Gasteiger partial charge is 0.390 e. The first-order chi connectivity index (χ1) is 9.38. The molecular weight excluding hydrogens is 274 g/mol. The lowest BCUT2D eigenvalue weighted by Gasteiger charge is -2.15. The van der Waals surface area contributed by atoms with Crippen molar-refractivity contribution in [2.45, 2.75) is 31.8 Å². The maximum Gasteiger partial charge on any atom is 0.330 e. The minimum atomic E-state index is -1.00. The number of nitrogens with zero attached hydrogens (tertiary/aromatic N) is 2. The van der Waals surface area contributed by atoms with Gasteiger partial charge in [-0.1, -0.05) is 0 Å². The Balaban J connectivity index is 2.16. The van der Waals surface area contributed by atoms with Crippen LogP contribution in [-0.4, -0.2) is 38.6 Å². The second kappa shape index (κ2) is 5.43. The van der Waals surface area contributed by atoms with Gasteiger partial charge in [0.25, 0.3) is 10.6 Å². The average Bonchev–Trinajstić information content (AvgIpc) is 2.72. The Kier molecular flexibility index (Phi) is 3.86. The van der Waals surface area contributed by atoms with Crippen LogP contribution in [0.5, 0.6) is 0 Å². The summed E-state index contributed by atoms with van der Waals surface area (Å²) in [7, 11) is 0. The number of aromatic amines is 1. The Labute approximate surface area is 111 Å². The van der Waals surface area contributed by atoms with Crippen molar-refractivity contribution in [3.63, 3.8) is 0 Å². The van der Waals surface area contributed by atoms with E-state index in [-0.39, 0.29) is 6.42 Å². The zero-order valence-corrected chi connectivity index (χ0v) is 10.5. The standard InChI is InChI=1S/C10H13N3O7/c1-5-3-12(10(16)11-9(5)15)8-2-6(14)7(20-8)4-19-13(17)18/h3,6-8,14H,2,4H2,1H3,(H,11,15,16). The molecule has 20 heavy (non-hydrogen) atoms. The molecule has 10 heteroatoms. The summed E-state index contributed by atoms with van der Waals surface area (Å²) in [6, 6.07) is 0. The zero-order chi connectivity index (χ0) is 14.9. The van der Waals surface area contributed by atoms with Gasteiger partial charge < -0.3 is 14.7 Å². The molecule has 1 saturated heterocycles. The second-order valence-corrected chi connectivity index (χ2v) is 4.43. The third-order valence-corrected chi connectivity index (χ3v) is 3.00. The Morgan fingerprint density at radius 2 is 2.35 bits per heavy atom. The number of aromatic nitrogens is 2. The predicted molar refractivity (Wildman–Crippen MR) is 63.5 cm³/mol. The highest BCUT2D eigenvalue weighted by molar-refractivity contribution is 5.02. The van der Waals surface area contributed by atoms with E-state index in [1.807, 2.05) is 0 Å². The van der Waals surface area contributed by atoms with Gasteiger partial charge >= 0.3 is 5.69 Å². The Bertz CT molecular complexity index is 622. The first kappa shape index (κ1) is 14.2. The molecule has 0 saturated carbocycles. The number of hydrogen-bond acceptors (Lipinski definition) is 7. The van der Waals surface area contributed by atoms with Crippen LogP contribution in [0.1, 0.15) is 18.2 Å². The topological polar surface area (TPSA) is 137 Å². The molecule has 0 radical (unpaired) electrons. The lowest BCUT2D eigenvalue weighted by molar-refractivity contribution is -0.759. The fourth-order valence-corrected chi connectivity index (χ4v) is 1.97. The maximum absolute atomic E-state index is 11.7. The van der Waals surface area contributed by atoms with E-state index in [4.69, 9.17) is 4.74 Å². The normalized spacial score (nSPS) is 25.6. The van der Waals surface area contributed by atoms with E-state index in [2.05, 4.69) is 9.82 Å². The maximum atomic E-state index is 11.7. The Hall–Kier alpha value is -2.20. The van der Waals surface area contributed by atoms with Gasteiger partial charge in [-0.05, 0) is 6.92 Å². The first-order valence-corrected chi connectivity index (χ1v) is 5.81.